The number of anilines is 2. The number of likely N-dealkylation sites (N-methyl/N-ethyl adjacent to an activating group) is 1. The molecular formula is C14H24N4O. The summed E-state index contributed by atoms with van der Waals surface area (Å²) in [6.45, 7) is 4.17. The van der Waals surface area contributed by atoms with Crippen molar-refractivity contribution in [1.82, 2.24) is 9.97 Å². The normalized spacial score (nSPS) is 23.6. The van der Waals surface area contributed by atoms with E-state index in [0.717, 1.165) is 37.1 Å². The van der Waals surface area contributed by atoms with Crippen LogP contribution in [0.3, 0.4) is 0 Å². The second kappa shape index (κ2) is 5.74. The smallest absolute Gasteiger partial charge is 0.137 e. The number of rotatable bonds is 3. The van der Waals surface area contributed by atoms with Crippen molar-refractivity contribution in [3.8, 4) is 0 Å². The van der Waals surface area contributed by atoms with Gasteiger partial charge in [0.2, 0.25) is 0 Å². The second-order valence-corrected chi connectivity index (χ2v) is 5.68. The second-order valence-electron chi connectivity index (χ2n) is 5.68. The first kappa shape index (κ1) is 14.1. The Labute approximate surface area is 114 Å². The Bertz CT molecular complexity index is 435. The lowest BCUT2D eigenvalue weighted by Crippen LogP contribution is -2.44. The van der Waals surface area contributed by atoms with Crippen molar-refractivity contribution in [1.29, 1.82) is 0 Å². The summed E-state index contributed by atoms with van der Waals surface area (Å²) < 4.78 is 0. The quantitative estimate of drug-likeness (QED) is 0.872. The van der Waals surface area contributed by atoms with E-state index in [1.807, 2.05) is 7.05 Å². The van der Waals surface area contributed by atoms with Crippen LogP contribution >= 0.6 is 0 Å². The van der Waals surface area contributed by atoms with Crippen LogP contribution in [0.4, 0.5) is 11.6 Å². The van der Waals surface area contributed by atoms with Crippen molar-refractivity contribution in [3.05, 3.63) is 11.9 Å². The first-order chi connectivity index (χ1) is 9.02. The van der Waals surface area contributed by atoms with Crippen LogP contribution in [-0.4, -0.2) is 34.3 Å². The van der Waals surface area contributed by atoms with Crippen molar-refractivity contribution in [2.45, 2.75) is 57.6 Å². The number of nitrogens with zero attached hydrogens (tertiary/aromatic N) is 3. The van der Waals surface area contributed by atoms with Gasteiger partial charge in [-0.1, -0.05) is 26.7 Å². The Morgan fingerprint density at radius 2 is 2.00 bits per heavy atom. The summed E-state index contributed by atoms with van der Waals surface area (Å²) in [5.74, 6) is 1.66. The Morgan fingerprint density at radius 1 is 1.32 bits per heavy atom. The molecular weight excluding hydrogens is 240 g/mol. The fourth-order valence-corrected chi connectivity index (χ4v) is 2.93. The molecule has 1 saturated carbocycles. The molecule has 106 valence electrons. The Kier molecular flexibility index (Phi) is 4.24. The molecule has 5 nitrogen and oxygen atoms in total. The third kappa shape index (κ3) is 2.81. The number of aliphatic hydroxyl groups is 1. The maximum atomic E-state index is 10.2. The van der Waals surface area contributed by atoms with Gasteiger partial charge >= 0.3 is 0 Å². The van der Waals surface area contributed by atoms with E-state index in [0.29, 0.717) is 5.82 Å². The third-order valence-corrected chi connectivity index (χ3v) is 4.00. The van der Waals surface area contributed by atoms with Gasteiger partial charge in [0.25, 0.3) is 0 Å². The summed E-state index contributed by atoms with van der Waals surface area (Å²) in [6, 6.07) is 0.126. The summed E-state index contributed by atoms with van der Waals surface area (Å²) >= 11 is 0. The maximum absolute atomic E-state index is 10.2. The lowest BCUT2D eigenvalue weighted by molar-refractivity contribution is 0.106. The molecule has 2 unspecified atom stereocenters. The van der Waals surface area contributed by atoms with Crippen LogP contribution in [0.15, 0.2) is 6.33 Å². The minimum absolute atomic E-state index is 0.126. The molecule has 1 aromatic heterocycles. The molecule has 0 saturated heterocycles. The summed E-state index contributed by atoms with van der Waals surface area (Å²) in [4.78, 5) is 10.6. The van der Waals surface area contributed by atoms with Gasteiger partial charge < -0.3 is 15.7 Å². The van der Waals surface area contributed by atoms with E-state index < -0.39 is 0 Å². The SMILES string of the molecule is CC(C)c1c(N)ncnc1N(C)C1CCCCC1O. The predicted molar refractivity (Wildman–Crippen MR) is 77.2 cm³/mol. The molecule has 0 radical (unpaired) electrons. The van der Waals surface area contributed by atoms with E-state index in [1.54, 1.807) is 0 Å². The number of nitrogen functional groups attached to an aromatic ring is 1. The predicted octanol–water partition coefficient (Wildman–Crippen LogP) is 1.92. The van der Waals surface area contributed by atoms with E-state index in [9.17, 15) is 5.11 Å². The van der Waals surface area contributed by atoms with E-state index >= 15 is 0 Å². The van der Waals surface area contributed by atoms with Gasteiger partial charge in [-0.05, 0) is 18.8 Å². The molecule has 3 N–H and O–H groups in total. The zero-order chi connectivity index (χ0) is 14.0. The van der Waals surface area contributed by atoms with E-state index in [-0.39, 0.29) is 18.1 Å². The number of aromatic nitrogens is 2. The molecule has 0 bridgehead atoms. The van der Waals surface area contributed by atoms with E-state index in [4.69, 9.17) is 5.73 Å². The minimum Gasteiger partial charge on any atom is -0.391 e. The molecule has 19 heavy (non-hydrogen) atoms. The van der Waals surface area contributed by atoms with Gasteiger partial charge in [0.15, 0.2) is 0 Å². The van der Waals surface area contributed by atoms with Crippen LogP contribution in [-0.2, 0) is 0 Å². The molecule has 1 aromatic rings. The molecule has 2 atom stereocenters. The van der Waals surface area contributed by atoms with Gasteiger partial charge in [-0.25, -0.2) is 9.97 Å². The van der Waals surface area contributed by atoms with Crippen molar-refractivity contribution >= 4 is 11.6 Å². The molecule has 0 amide bonds. The Balaban J connectivity index is 2.32. The highest BCUT2D eigenvalue weighted by molar-refractivity contribution is 5.58. The molecule has 0 aromatic carbocycles. The number of nitrogens with two attached hydrogens (primary N) is 1. The van der Waals surface area contributed by atoms with Crippen LogP contribution < -0.4 is 10.6 Å². The van der Waals surface area contributed by atoms with Gasteiger partial charge in [0, 0.05) is 12.6 Å². The van der Waals surface area contributed by atoms with E-state index in [1.165, 1.54) is 6.33 Å². The first-order valence-corrected chi connectivity index (χ1v) is 7.03. The standard InChI is InChI=1S/C14H24N4O/c1-9(2)12-13(15)16-8-17-14(12)18(3)10-6-4-5-7-11(10)19/h8-11,19H,4-7H2,1-3H3,(H2,15,16,17). The molecule has 2 rings (SSSR count). The monoisotopic (exact) mass is 264 g/mol. The van der Waals surface area contributed by atoms with Gasteiger partial charge in [0.1, 0.15) is 18.0 Å². The molecule has 1 heterocycles. The average molecular weight is 264 g/mol. The van der Waals surface area contributed by atoms with Crippen LogP contribution in [0.25, 0.3) is 0 Å². The van der Waals surface area contributed by atoms with Crippen molar-refractivity contribution in [3.63, 3.8) is 0 Å². The van der Waals surface area contributed by atoms with Crippen LogP contribution in [0.2, 0.25) is 0 Å². The van der Waals surface area contributed by atoms with Crippen molar-refractivity contribution < 1.29 is 5.11 Å². The molecule has 1 aliphatic rings. The molecule has 0 spiro atoms. The number of hydrogen-bond acceptors (Lipinski definition) is 5. The lowest BCUT2D eigenvalue weighted by Gasteiger charge is -2.37. The molecule has 5 heteroatoms. The zero-order valence-corrected chi connectivity index (χ0v) is 12.0. The van der Waals surface area contributed by atoms with Gasteiger partial charge in [-0.2, -0.15) is 0 Å². The highest BCUT2D eigenvalue weighted by Gasteiger charge is 2.29. The van der Waals surface area contributed by atoms with Gasteiger partial charge in [-0.15, -0.1) is 0 Å². The molecule has 1 aliphatic carbocycles. The fraction of sp³-hybridized carbons (Fsp3) is 0.714. The van der Waals surface area contributed by atoms with Crippen LogP contribution in [0, 0.1) is 0 Å². The maximum Gasteiger partial charge on any atom is 0.137 e. The van der Waals surface area contributed by atoms with Crippen molar-refractivity contribution in [2.24, 2.45) is 0 Å². The zero-order valence-electron chi connectivity index (χ0n) is 12.0. The third-order valence-electron chi connectivity index (χ3n) is 4.00. The average Bonchev–Trinajstić information content (AvgIpc) is 2.37. The van der Waals surface area contributed by atoms with Crippen LogP contribution in [0.5, 0.6) is 0 Å². The largest absolute Gasteiger partial charge is 0.391 e. The number of hydrogen-bond donors (Lipinski definition) is 2. The van der Waals surface area contributed by atoms with Gasteiger partial charge in [-0.3, -0.25) is 0 Å². The first-order valence-electron chi connectivity index (χ1n) is 7.03. The highest BCUT2D eigenvalue weighted by atomic mass is 16.3. The summed E-state index contributed by atoms with van der Waals surface area (Å²) in [7, 11) is 1.99. The number of aliphatic hydroxyl groups excluding tert-OH is 1. The topological polar surface area (TPSA) is 75.3 Å². The summed E-state index contributed by atoms with van der Waals surface area (Å²) in [5.41, 5.74) is 6.96. The Morgan fingerprint density at radius 3 is 2.63 bits per heavy atom. The van der Waals surface area contributed by atoms with Crippen LogP contribution in [0.1, 0.15) is 51.0 Å². The molecule has 0 aliphatic heterocycles. The highest BCUT2D eigenvalue weighted by Crippen LogP contribution is 2.32. The Hall–Kier alpha value is -1.36. The summed E-state index contributed by atoms with van der Waals surface area (Å²) in [6.07, 6.45) is 5.35. The molecule has 1 fully saturated rings. The minimum atomic E-state index is -0.282. The lowest BCUT2D eigenvalue weighted by atomic mass is 9.91. The summed E-state index contributed by atoms with van der Waals surface area (Å²) in [5, 5.41) is 10.2. The van der Waals surface area contributed by atoms with Gasteiger partial charge in [0.05, 0.1) is 12.1 Å². The fourth-order valence-electron chi connectivity index (χ4n) is 2.93. The van der Waals surface area contributed by atoms with E-state index in [2.05, 4.69) is 28.7 Å². The van der Waals surface area contributed by atoms with Crippen molar-refractivity contribution in [2.75, 3.05) is 17.7 Å².